The van der Waals surface area contributed by atoms with Gasteiger partial charge in [0.05, 0.1) is 6.61 Å². The molecule has 3 N–H and O–H groups in total. The first-order valence-corrected chi connectivity index (χ1v) is 5.84. The molecule has 0 atom stereocenters. The van der Waals surface area contributed by atoms with Crippen molar-refractivity contribution in [3.05, 3.63) is 34.6 Å². The third-order valence-electron chi connectivity index (χ3n) is 2.48. The average molecular weight is 254 g/mol. The molecule has 100 valence electrons. The third kappa shape index (κ3) is 4.43. The number of nitrogens with two attached hydrogens (primary N) is 1. The van der Waals surface area contributed by atoms with Crippen molar-refractivity contribution < 1.29 is 13.9 Å². The van der Waals surface area contributed by atoms with Crippen molar-refractivity contribution in [3.63, 3.8) is 0 Å². The summed E-state index contributed by atoms with van der Waals surface area (Å²) in [7, 11) is 0. The molecule has 0 fully saturated rings. The first-order valence-electron chi connectivity index (χ1n) is 5.84. The van der Waals surface area contributed by atoms with Gasteiger partial charge in [-0.3, -0.25) is 4.79 Å². The van der Waals surface area contributed by atoms with E-state index in [2.05, 4.69) is 5.32 Å². The number of nitrogens with one attached hydrogen (secondary N) is 1. The van der Waals surface area contributed by atoms with Crippen LogP contribution >= 0.6 is 0 Å². The van der Waals surface area contributed by atoms with E-state index >= 15 is 0 Å². The van der Waals surface area contributed by atoms with E-state index in [1.165, 1.54) is 0 Å². The summed E-state index contributed by atoms with van der Waals surface area (Å²) in [6.45, 7) is 4.53. The predicted molar refractivity (Wildman–Crippen MR) is 67.6 cm³/mol. The summed E-state index contributed by atoms with van der Waals surface area (Å²) < 4.78 is 18.4. The monoisotopic (exact) mass is 254 g/mol. The number of rotatable bonds is 6. The van der Waals surface area contributed by atoms with E-state index in [1.54, 1.807) is 26.0 Å². The van der Waals surface area contributed by atoms with Gasteiger partial charge >= 0.3 is 0 Å². The molecule has 1 aromatic carbocycles. The van der Waals surface area contributed by atoms with Crippen LogP contribution in [0.3, 0.4) is 0 Å². The van der Waals surface area contributed by atoms with Crippen molar-refractivity contribution in [1.82, 2.24) is 5.32 Å². The summed E-state index contributed by atoms with van der Waals surface area (Å²) in [5, 5.41) is 2.70. The van der Waals surface area contributed by atoms with Gasteiger partial charge in [-0.15, -0.1) is 0 Å². The molecule has 0 bridgehead atoms. The predicted octanol–water partition coefficient (Wildman–Crippen LogP) is 1.03. The Morgan fingerprint density at radius 2 is 2.00 bits per heavy atom. The van der Waals surface area contributed by atoms with Gasteiger partial charge in [0.15, 0.2) is 0 Å². The van der Waals surface area contributed by atoms with Gasteiger partial charge in [0, 0.05) is 13.1 Å². The maximum atomic E-state index is 13.4. The zero-order valence-electron chi connectivity index (χ0n) is 10.8. The van der Waals surface area contributed by atoms with Crippen LogP contribution in [0.15, 0.2) is 12.1 Å². The minimum absolute atomic E-state index is 0.00361. The Kier molecular flexibility index (Phi) is 5.74. The highest BCUT2D eigenvalue weighted by molar-refractivity contribution is 5.77. The number of hydrogen-bond donors (Lipinski definition) is 2. The highest BCUT2D eigenvalue weighted by atomic mass is 19.1. The van der Waals surface area contributed by atoms with Crippen LogP contribution < -0.4 is 11.1 Å². The second kappa shape index (κ2) is 7.08. The first kappa shape index (κ1) is 14.6. The van der Waals surface area contributed by atoms with Gasteiger partial charge in [0.2, 0.25) is 5.91 Å². The Hall–Kier alpha value is -1.46. The van der Waals surface area contributed by atoms with E-state index in [0.717, 1.165) is 5.56 Å². The second-order valence-corrected chi connectivity index (χ2v) is 4.16. The van der Waals surface area contributed by atoms with Gasteiger partial charge < -0.3 is 15.8 Å². The van der Waals surface area contributed by atoms with Crippen LogP contribution in [0.4, 0.5) is 4.39 Å². The molecule has 1 amide bonds. The number of carbonyl (C=O) groups is 1. The summed E-state index contributed by atoms with van der Waals surface area (Å²) in [6.07, 6.45) is 0. The van der Waals surface area contributed by atoms with Gasteiger partial charge in [0.25, 0.3) is 0 Å². The van der Waals surface area contributed by atoms with Gasteiger partial charge in [-0.1, -0.05) is 12.1 Å². The molecule has 0 aliphatic heterocycles. The Bertz CT molecular complexity index is 398. The highest BCUT2D eigenvalue weighted by Gasteiger charge is 2.06. The van der Waals surface area contributed by atoms with E-state index in [1.807, 2.05) is 0 Å². The fourth-order valence-electron chi connectivity index (χ4n) is 1.64. The first-order chi connectivity index (χ1) is 8.54. The lowest BCUT2D eigenvalue weighted by molar-refractivity contribution is -0.125. The van der Waals surface area contributed by atoms with E-state index in [4.69, 9.17) is 10.5 Å². The lowest BCUT2D eigenvalue weighted by atomic mass is 10.1. The Morgan fingerprint density at radius 1 is 1.39 bits per heavy atom. The average Bonchev–Trinajstić information content (AvgIpc) is 2.33. The molecule has 0 saturated heterocycles. The topological polar surface area (TPSA) is 64.3 Å². The minimum Gasteiger partial charge on any atom is -0.370 e. The van der Waals surface area contributed by atoms with E-state index in [9.17, 15) is 9.18 Å². The fraction of sp³-hybridized carbons (Fsp3) is 0.462. The number of benzene rings is 1. The summed E-state index contributed by atoms with van der Waals surface area (Å²) in [6, 6.07) is 3.45. The minimum atomic E-state index is -0.205. The molecular formula is C13H19FN2O2. The number of hydrogen-bond acceptors (Lipinski definition) is 3. The van der Waals surface area contributed by atoms with E-state index < -0.39 is 0 Å². The third-order valence-corrected chi connectivity index (χ3v) is 2.48. The summed E-state index contributed by atoms with van der Waals surface area (Å²) in [4.78, 5) is 11.4. The SMILES string of the molecule is Cc1cc(CNC(=O)COCCN)cc(C)c1F. The van der Waals surface area contributed by atoms with Crippen molar-refractivity contribution in [1.29, 1.82) is 0 Å². The Labute approximate surface area is 106 Å². The van der Waals surface area contributed by atoms with Crippen LogP contribution in [-0.2, 0) is 16.1 Å². The molecule has 0 radical (unpaired) electrons. The summed E-state index contributed by atoms with van der Waals surface area (Å²) in [5.74, 6) is -0.403. The van der Waals surface area contributed by atoms with E-state index in [0.29, 0.717) is 30.8 Å². The van der Waals surface area contributed by atoms with Crippen LogP contribution in [-0.4, -0.2) is 25.7 Å². The van der Waals surface area contributed by atoms with Crippen LogP contribution in [0.25, 0.3) is 0 Å². The number of aryl methyl sites for hydroxylation is 2. The standard InChI is InChI=1S/C13H19FN2O2/c1-9-5-11(6-10(2)13(9)14)7-16-12(17)8-18-4-3-15/h5-6H,3-4,7-8,15H2,1-2H3,(H,16,17). The molecule has 0 aliphatic carbocycles. The van der Waals surface area contributed by atoms with Crippen LogP contribution in [0.1, 0.15) is 16.7 Å². The van der Waals surface area contributed by atoms with Gasteiger partial charge in [0.1, 0.15) is 12.4 Å². The molecular weight excluding hydrogens is 235 g/mol. The molecule has 5 heteroatoms. The van der Waals surface area contributed by atoms with Crippen LogP contribution in [0.5, 0.6) is 0 Å². The smallest absolute Gasteiger partial charge is 0.246 e. The summed E-state index contributed by atoms with van der Waals surface area (Å²) >= 11 is 0. The van der Waals surface area contributed by atoms with Crippen molar-refractivity contribution >= 4 is 5.91 Å². The number of halogens is 1. The van der Waals surface area contributed by atoms with Crippen LogP contribution in [0.2, 0.25) is 0 Å². The van der Waals surface area contributed by atoms with Crippen molar-refractivity contribution in [2.75, 3.05) is 19.8 Å². The number of carbonyl (C=O) groups excluding carboxylic acids is 1. The molecule has 0 saturated carbocycles. The van der Waals surface area contributed by atoms with Crippen LogP contribution in [0, 0.1) is 19.7 Å². The molecule has 4 nitrogen and oxygen atoms in total. The van der Waals surface area contributed by atoms with Gasteiger partial charge in [-0.25, -0.2) is 4.39 Å². The van der Waals surface area contributed by atoms with Crippen molar-refractivity contribution in [2.24, 2.45) is 5.73 Å². The number of amides is 1. The molecule has 18 heavy (non-hydrogen) atoms. The zero-order valence-corrected chi connectivity index (χ0v) is 10.8. The normalized spacial score (nSPS) is 10.4. The van der Waals surface area contributed by atoms with Gasteiger partial charge in [-0.2, -0.15) is 0 Å². The largest absolute Gasteiger partial charge is 0.370 e. The maximum Gasteiger partial charge on any atom is 0.246 e. The molecule has 1 aromatic rings. The Balaban J connectivity index is 2.46. The Morgan fingerprint density at radius 3 is 2.56 bits per heavy atom. The fourth-order valence-corrected chi connectivity index (χ4v) is 1.64. The van der Waals surface area contributed by atoms with Crippen molar-refractivity contribution in [3.8, 4) is 0 Å². The molecule has 1 rings (SSSR count). The van der Waals surface area contributed by atoms with E-state index in [-0.39, 0.29) is 18.3 Å². The summed E-state index contributed by atoms with van der Waals surface area (Å²) in [5.41, 5.74) is 7.27. The zero-order chi connectivity index (χ0) is 13.5. The molecule has 0 aliphatic rings. The highest BCUT2D eigenvalue weighted by Crippen LogP contribution is 2.14. The quantitative estimate of drug-likeness (QED) is 0.745. The maximum absolute atomic E-state index is 13.4. The lowest BCUT2D eigenvalue weighted by Gasteiger charge is -2.08. The van der Waals surface area contributed by atoms with Crippen molar-refractivity contribution in [2.45, 2.75) is 20.4 Å². The molecule has 0 aromatic heterocycles. The molecule has 0 heterocycles. The molecule has 0 spiro atoms. The lowest BCUT2D eigenvalue weighted by Crippen LogP contribution is -2.28. The second-order valence-electron chi connectivity index (χ2n) is 4.16. The van der Waals surface area contributed by atoms with Gasteiger partial charge in [-0.05, 0) is 30.5 Å². The molecule has 0 unspecified atom stereocenters. The number of ether oxygens (including phenoxy) is 1.